The first-order chi connectivity index (χ1) is 10.9. The van der Waals surface area contributed by atoms with Gasteiger partial charge < -0.3 is 9.47 Å². The van der Waals surface area contributed by atoms with Gasteiger partial charge in [-0.3, -0.25) is 11.3 Å². The smallest absolute Gasteiger partial charge is 0.429 e. The molecule has 2 aliphatic carbocycles. The van der Waals surface area contributed by atoms with E-state index < -0.39 is 23.4 Å². The predicted octanol–water partition coefficient (Wildman–Crippen LogP) is 2.86. The van der Waals surface area contributed by atoms with Gasteiger partial charge in [0.2, 0.25) is 0 Å². The SMILES string of the molecule is CC(C)(C)OC(=O)NN(C(=O)OC(C)(C)C)C1CC1.Cl.NNC1CC1. The first-order valence-corrected chi connectivity index (χ1v) is 8.39. The Labute approximate surface area is 156 Å². The van der Waals surface area contributed by atoms with Gasteiger partial charge in [0.1, 0.15) is 11.2 Å². The van der Waals surface area contributed by atoms with Crippen molar-refractivity contribution < 1.29 is 19.1 Å². The minimum atomic E-state index is -0.648. The molecule has 2 aliphatic rings. The van der Waals surface area contributed by atoms with Crippen LogP contribution in [0.5, 0.6) is 0 Å². The number of hydrogen-bond acceptors (Lipinski definition) is 6. The molecule has 4 N–H and O–H groups in total. The molecular weight excluding hydrogens is 348 g/mol. The number of carbonyl (C=O) groups is 2. The third-order valence-electron chi connectivity index (χ3n) is 2.93. The van der Waals surface area contributed by atoms with Crippen LogP contribution in [0, 0.1) is 0 Å². The number of ether oxygens (including phenoxy) is 2. The largest absolute Gasteiger partial charge is 0.443 e. The van der Waals surface area contributed by atoms with E-state index in [1.54, 1.807) is 41.5 Å². The number of halogens is 1. The van der Waals surface area contributed by atoms with E-state index in [1.807, 2.05) is 0 Å². The Hall–Kier alpha value is -1.25. The van der Waals surface area contributed by atoms with E-state index in [0.29, 0.717) is 6.04 Å². The summed E-state index contributed by atoms with van der Waals surface area (Å²) in [7, 11) is 0. The summed E-state index contributed by atoms with van der Waals surface area (Å²) in [5.41, 5.74) is 3.89. The maximum Gasteiger partial charge on any atom is 0.429 e. The Morgan fingerprint density at radius 2 is 1.44 bits per heavy atom. The molecule has 148 valence electrons. The monoisotopic (exact) mass is 380 g/mol. The number of amides is 2. The summed E-state index contributed by atoms with van der Waals surface area (Å²) in [6.45, 7) is 10.6. The Morgan fingerprint density at radius 3 is 1.72 bits per heavy atom. The van der Waals surface area contributed by atoms with Gasteiger partial charge in [-0.05, 0) is 67.2 Å². The molecular formula is C16H33ClN4O4. The second kappa shape index (κ2) is 9.45. The zero-order valence-corrected chi connectivity index (χ0v) is 16.9. The zero-order valence-electron chi connectivity index (χ0n) is 16.0. The maximum atomic E-state index is 12.0. The highest BCUT2D eigenvalue weighted by molar-refractivity contribution is 5.85. The standard InChI is InChI=1S/C13H24N2O4.C3H8N2.ClH/c1-12(2,3)18-10(16)14-15(9-7-8-9)11(17)19-13(4,5)6;4-5-3-1-2-3;/h9H,7-8H2,1-6H3,(H,14,16);3,5H,1-2,4H2;1H. The molecule has 0 bridgehead atoms. The third kappa shape index (κ3) is 11.9. The highest BCUT2D eigenvalue weighted by Crippen LogP contribution is 2.27. The van der Waals surface area contributed by atoms with Gasteiger partial charge in [-0.15, -0.1) is 12.4 Å². The number of hydrogen-bond donors (Lipinski definition) is 3. The molecule has 0 radical (unpaired) electrons. The molecule has 0 aliphatic heterocycles. The van der Waals surface area contributed by atoms with Gasteiger partial charge in [-0.1, -0.05) is 0 Å². The van der Waals surface area contributed by atoms with Crippen molar-refractivity contribution in [2.75, 3.05) is 0 Å². The normalized spacial score (nSPS) is 16.6. The van der Waals surface area contributed by atoms with Crippen molar-refractivity contribution in [2.45, 2.75) is 90.5 Å². The molecule has 25 heavy (non-hydrogen) atoms. The fourth-order valence-electron chi connectivity index (χ4n) is 1.58. The first-order valence-electron chi connectivity index (χ1n) is 8.39. The Morgan fingerprint density at radius 1 is 0.960 bits per heavy atom. The predicted molar refractivity (Wildman–Crippen MR) is 98.1 cm³/mol. The number of nitrogens with zero attached hydrogens (tertiary/aromatic N) is 1. The Kier molecular flexibility index (Phi) is 8.98. The van der Waals surface area contributed by atoms with Crippen molar-refractivity contribution in [2.24, 2.45) is 5.84 Å². The van der Waals surface area contributed by atoms with E-state index in [1.165, 1.54) is 17.9 Å². The van der Waals surface area contributed by atoms with Gasteiger partial charge in [0.15, 0.2) is 0 Å². The number of hydrazine groups is 2. The third-order valence-corrected chi connectivity index (χ3v) is 2.93. The lowest BCUT2D eigenvalue weighted by molar-refractivity contribution is -0.000694. The van der Waals surface area contributed by atoms with Crippen molar-refractivity contribution in [3.63, 3.8) is 0 Å². The van der Waals surface area contributed by atoms with Crippen molar-refractivity contribution in [1.29, 1.82) is 0 Å². The molecule has 0 saturated heterocycles. The van der Waals surface area contributed by atoms with Crippen LogP contribution >= 0.6 is 12.4 Å². The summed E-state index contributed by atoms with van der Waals surface area (Å²) >= 11 is 0. The van der Waals surface area contributed by atoms with E-state index in [2.05, 4.69) is 10.9 Å². The summed E-state index contributed by atoms with van der Waals surface area (Å²) < 4.78 is 10.4. The molecule has 0 aromatic carbocycles. The van der Waals surface area contributed by atoms with Crippen LogP contribution in [-0.4, -0.2) is 40.5 Å². The number of rotatable bonds is 2. The average molecular weight is 381 g/mol. The Balaban J connectivity index is 0.000000820. The molecule has 2 amide bonds. The molecule has 2 saturated carbocycles. The van der Waals surface area contributed by atoms with Crippen LogP contribution in [0.1, 0.15) is 67.2 Å². The van der Waals surface area contributed by atoms with Gasteiger partial charge in [-0.2, -0.15) is 0 Å². The highest BCUT2D eigenvalue weighted by Gasteiger charge is 2.37. The topological polar surface area (TPSA) is 106 Å². The van der Waals surface area contributed by atoms with Crippen LogP contribution in [0.25, 0.3) is 0 Å². The van der Waals surface area contributed by atoms with E-state index in [4.69, 9.17) is 15.3 Å². The van der Waals surface area contributed by atoms with E-state index >= 15 is 0 Å². The van der Waals surface area contributed by atoms with E-state index in [-0.39, 0.29) is 18.4 Å². The lowest BCUT2D eigenvalue weighted by atomic mass is 10.2. The van der Waals surface area contributed by atoms with Gasteiger partial charge in [0, 0.05) is 6.04 Å². The van der Waals surface area contributed by atoms with E-state index in [9.17, 15) is 9.59 Å². The minimum absolute atomic E-state index is 0. The molecule has 0 aromatic rings. The van der Waals surface area contributed by atoms with Crippen molar-refractivity contribution >= 4 is 24.6 Å². The average Bonchev–Trinajstić information content (AvgIpc) is 3.24. The lowest BCUT2D eigenvalue weighted by Gasteiger charge is -2.28. The van der Waals surface area contributed by atoms with Gasteiger partial charge in [0.25, 0.3) is 0 Å². The van der Waals surface area contributed by atoms with Crippen LogP contribution in [0.3, 0.4) is 0 Å². The van der Waals surface area contributed by atoms with Crippen LogP contribution in [0.15, 0.2) is 0 Å². The second-order valence-corrected chi connectivity index (χ2v) is 8.14. The quantitative estimate of drug-likeness (QED) is 0.502. The summed E-state index contributed by atoms with van der Waals surface area (Å²) in [6, 6.07) is 0.664. The van der Waals surface area contributed by atoms with Crippen molar-refractivity contribution in [3.05, 3.63) is 0 Å². The molecule has 2 rings (SSSR count). The highest BCUT2D eigenvalue weighted by atomic mass is 35.5. The fourth-order valence-corrected chi connectivity index (χ4v) is 1.58. The molecule has 0 atom stereocenters. The number of nitrogens with two attached hydrogens (primary N) is 1. The molecule has 8 nitrogen and oxygen atoms in total. The summed E-state index contributed by atoms with van der Waals surface area (Å²) in [4.78, 5) is 23.7. The van der Waals surface area contributed by atoms with Crippen LogP contribution in [0.4, 0.5) is 9.59 Å². The fraction of sp³-hybridized carbons (Fsp3) is 0.875. The minimum Gasteiger partial charge on any atom is -0.443 e. The molecule has 9 heteroatoms. The van der Waals surface area contributed by atoms with Crippen LogP contribution < -0.4 is 16.7 Å². The summed E-state index contributed by atoms with van der Waals surface area (Å²) in [5, 5.41) is 1.22. The van der Waals surface area contributed by atoms with Crippen molar-refractivity contribution in [3.8, 4) is 0 Å². The molecule has 0 spiro atoms. The van der Waals surface area contributed by atoms with Crippen LogP contribution in [-0.2, 0) is 9.47 Å². The van der Waals surface area contributed by atoms with Gasteiger partial charge in [0.05, 0.1) is 6.04 Å². The van der Waals surface area contributed by atoms with Gasteiger partial charge >= 0.3 is 12.2 Å². The molecule has 0 aromatic heterocycles. The maximum absolute atomic E-state index is 12.0. The zero-order chi connectivity index (χ0) is 18.5. The Bertz CT molecular complexity index is 440. The lowest BCUT2D eigenvalue weighted by Crippen LogP contribution is -2.50. The number of carbonyl (C=O) groups excluding carboxylic acids is 2. The first kappa shape index (κ1) is 23.8. The molecule has 0 heterocycles. The van der Waals surface area contributed by atoms with Gasteiger partial charge in [-0.25, -0.2) is 20.0 Å². The second-order valence-electron chi connectivity index (χ2n) is 8.14. The number of nitrogens with one attached hydrogen (secondary N) is 2. The summed E-state index contributed by atoms with van der Waals surface area (Å²) in [5.74, 6) is 4.98. The molecule has 2 fully saturated rings. The summed E-state index contributed by atoms with van der Waals surface area (Å²) in [6.07, 6.45) is 3.06. The molecule has 0 unspecified atom stereocenters. The van der Waals surface area contributed by atoms with E-state index in [0.717, 1.165) is 12.8 Å². The van der Waals surface area contributed by atoms with Crippen LogP contribution in [0.2, 0.25) is 0 Å². The van der Waals surface area contributed by atoms with Crippen molar-refractivity contribution in [1.82, 2.24) is 15.9 Å².